The van der Waals surface area contributed by atoms with Crippen molar-refractivity contribution in [1.29, 1.82) is 0 Å². The number of carbonyl (C=O) groups is 1. The van der Waals surface area contributed by atoms with E-state index in [1.54, 1.807) is 13.0 Å². The number of rotatable bonds is 1. The molecule has 18 heavy (non-hydrogen) atoms. The molecular weight excluding hydrogens is 226 g/mol. The summed E-state index contributed by atoms with van der Waals surface area (Å²) in [6.07, 6.45) is 4.65. The van der Waals surface area contributed by atoms with Gasteiger partial charge in [0.2, 0.25) is 0 Å². The molecule has 1 heterocycles. The monoisotopic (exact) mass is 243 g/mol. The molecule has 3 heteroatoms. The Hall–Kier alpha value is -1.61. The third kappa shape index (κ3) is 1.75. The van der Waals surface area contributed by atoms with Crippen molar-refractivity contribution in [2.45, 2.75) is 31.4 Å². The number of hydrogen-bond donors (Lipinski definition) is 1. The highest BCUT2D eigenvalue weighted by Crippen LogP contribution is 2.35. The number of ketones is 1. The predicted octanol–water partition coefficient (Wildman–Crippen LogP) is 1.70. The minimum Gasteiger partial charge on any atom is -0.387 e. The first-order chi connectivity index (χ1) is 8.58. The van der Waals surface area contributed by atoms with E-state index in [1.165, 1.54) is 11.3 Å². The topological polar surface area (TPSA) is 40.5 Å². The fraction of sp³-hybridized carbons (Fsp3) is 0.400. The predicted molar refractivity (Wildman–Crippen MR) is 70.7 cm³/mol. The van der Waals surface area contributed by atoms with E-state index in [2.05, 4.69) is 17.0 Å². The van der Waals surface area contributed by atoms with Gasteiger partial charge in [0.05, 0.1) is 11.6 Å². The second kappa shape index (κ2) is 3.95. The molecule has 0 unspecified atom stereocenters. The number of hydrogen-bond acceptors (Lipinski definition) is 3. The van der Waals surface area contributed by atoms with E-state index in [0.717, 1.165) is 13.0 Å². The number of carbonyl (C=O) groups excluding carboxylic acids is 1. The Kier molecular flexibility index (Phi) is 2.52. The molecule has 2 aliphatic rings. The van der Waals surface area contributed by atoms with Crippen LogP contribution in [0.3, 0.4) is 0 Å². The van der Waals surface area contributed by atoms with Gasteiger partial charge in [-0.2, -0.15) is 0 Å². The first-order valence-corrected chi connectivity index (χ1v) is 6.36. The molecular formula is C15H17NO2. The number of fused-ring (bicyclic) bond motifs is 1. The van der Waals surface area contributed by atoms with Crippen LogP contribution in [0.2, 0.25) is 0 Å². The fourth-order valence-corrected chi connectivity index (χ4v) is 3.01. The van der Waals surface area contributed by atoms with Crippen LogP contribution in [-0.4, -0.2) is 29.1 Å². The van der Waals surface area contributed by atoms with Crippen LogP contribution >= 0.6 is 0 Å². The molecule has 2 atom stereocenters. The number of nitrogens with zero attached hydrogens (tertiary/aromatic N) is 1. The molecule has 1 N–H and O–H groups in total. The summed E-state index contributed by atoms with van der Waals surface area (Å²) in [7, 11) is 0. The van der Waals surface area contributed by atoms with Gasteiger partial charge in [0, 0.05) is 18.7 Å². The van der Waals surface area contributed by atoms with Crippen LogP contribution in [0.15, 0.2) is 36.4 Å². The zero-order valence-corrected chi connectivity index (χ0v) is 10.5. The lowest BCUT2D eigenvalue weighted by molar-refractivity contribution is -0.120. The molecule has 3 rings (SSSR count). The molecule has 0 fully saturated rings. The standard InChI is InChI=1S/C15H17NO2/c1-15(18)10-12(17)6-7-14(15)16-9-8-11-4-2-3-5-13(11)16/h2-7,14,18H,8-10H2,1H3/t14-,15+/m1/s1. The Balaban J connectivity index is 1.97. The van der Waals surface area contributed by atoms with Gasteiger partial charge < -0.3 is 10.0 Å². The third-order valence-electron chi connectivity index (χ3n) is 3.89. The molecule has 0 amide bonds. The second-order valence-corrected chi connectivity index (χ2v) is 5.38. The van der Waals surface area contributed by atoms with Gasteiger partial charge in [0.15, 0.2) is 5.78 Å². The van der Waals surface area contributed by atoms with Crippen molar-refractivity contribution in [3.05, 3.63) is 42.0 Å². The van der Waals surface area contributed by atoms with E-state index in [4.69, 9.17) is 0 Å². The Bertz CT molecular complexity index is 519. The molecule has 1 aliphatic heterocycles. The summed E-state index contributed by atoms with van der Waals surface area (Å²) in [6, 6.07) is 8.16. The maximum atomic E-state index is 11.4. The van der Waals surface area contributed by atoms with Gasteiger partial charge in [-0.1, -0.05) is 24.3 Å². The summed E-state index contributed by atoms with van der Waals surface area (Å²) >= 11 is 0. The number of allylic oxidation sites excluding steroid dienone is 1. The van der Waals surface area contributed by atoms with Gasteiger partial charge in [-0.05, 0) is 31.1 Å². The minimum atomic E-state index is -0.983. The molecule has 0 aromatic heterocycles. The third-order valence-corrected chi connectivity index (χ3v) is 3.89. The van der Waals surface area contributed by atoms with Gasteiger partial charge >= 0.3 is 0 Å². The highest BCUT2D eigenvalue weighted by Gasteiger charge is 2.40. The Morgan fingerprint density at radius 2 is 2.17 bits per heavy atom. The normalized spacial score (nSPS) is 30.7. The molecule has 0 radical (unpaired) electrons. The first kappa shape index (κ1) is 11.5. The number of aliphatic hydroxyl groups is 1. The molecule has 3 nitrogen and oxygen atoms in total. The van der Waals surface area contributed by atoms with E-state index >= 15 is 0 Å². The van der Waals surface area contributed by atoms with Crippen molar-refractivity contribution < 1.29 is 9.90 Å². The molecule has 0 spiro atoms. The van der Waals surface area contributed by atoms with Gasteiger partial charge in [-0.15, -0.1) is 0 Å². The van der Waals surface area contributed by atoms with Crippen LogP contribution in [0.5, 0.6) is 0 Å². The molecule has 1 aromatic rings. The van der Waals surface area contributed by atoms with Crippen LogP contribution in [0, 0.1) is 0 Å². The van der Waals surface area contributed by atoms with Crippen LogP contribution in [0.4, 0.5) is 5.69 Å². The Morgan fingerprint density at radius 3 is 2.94 bits per heavy atom. The van der Waals surface area contributed by atoms with Gasteiger partial charge in [0.25, 0.3) is 0 Å². The minimum absolute atomic E-state index is 0.00346. The molecule has 0 saturated carbocycles. The average Bonchev–Trinajstić information content (AvgIpc) is 2.72. The smallest absolute Gasteiger partial charge is 0.158 e. The molecule has 0 bridgehead atoms. The highest BCUT2D eigenvalue weighted by atomic mass is 16.3. The fourth-order valence-electron chi connectivity index (χ4n) is 3.01. The number of anilines is 1. The lowest BCUT2D eigenvalue weighted by atomic mass is 9.85. The summed E-state index contributed by atoms with van der Waals surface area (Å²) in [4.78, 5) is 13.6. The lowest BCUT2D eigenvalue weighted by Gasteiger charge is -2.40. The molecule has 94 valence electrons. The van der Waals surface area contributed by atoms with Crippen molar-refractivity contribution in [2.24, 2.45) is 0 Å². The van der Waals surface area contributed by atoms with Crippen LogP contribution < -0.4 is 4.90 Å². The summed E-state index contributed by atoms with van der Waals surface area (Å²) < 4.78 is 0. The molecule has 1 aromatic carbocycles. The van der Waals surface area contributed by atoms with Crippen molar-refractivity contribution in [3.8, 4) is 0 Å². The maximum Gasteiger partial charge on any atom is 0.158 e. The average molecular weight is 243 g/mol. The Morgan fingerprint density at radius 1 is 1.39 bits per heavy atom. The summed E-state index contributed by atoms with van der Waals surface area (Å²) in [5.74, 6) is 0.00346. The number of benzene rings is 1. The summed E-state index contributed by atoms with van der Waals surface area (Å²) in [5, 5.41) is 10.5. The maximum absolute atomic E-state index is 11.4. The van der Waals surface area contributed by atoms with E-state index in [9.17, 15) is 9.90 Å². The zero-order chi connectivity index (χ0) is 12.8. The summed E-state index contributed by atoms with van der Waals surface area (Å²) in [6.45, 7) is 2.65. The van der Waals surface area contributed by atoms with Crippen LogP contribution in [-0.2, 0) is 11.2 Å². The molecule has 1 aliphatic carbocycles. The van der Waals surface area contributed by atoms with Gasteiger partial charge in [0.1, 0.15) is 0 Å². The van der Waals surface area contributed by atoms with E-state index in [-0.39, 0.29) is 18.2 Å². The quantitative estimate of drug-likeness (QED) is 0.816. The van der Waals surface area contributed by atoms with Gasteiger partial charge in [-0.3, -0.25) is 4.79 Å². The van der Waals surface area contributed by atoms with Crippen LogP contribution in [0.1, 0.15) is 18.9 Å². The van der Waals surface area contributed by atoms with Gasteiger partial charge in [-0.25, -0.2) is 0 Å². The van der Waals surface area contributed by atoms with Crippen molar-refractivity contribution in [2.75, 3.05) is 11.4 Å². The second-order valence-electron chi connectivity index (χ2n) is 5.38. The van der Waals surface area contributed by atoms with Crippen LogP contribution in [0.25, 0.3) is 0 Å². The van der Waals surface area contributed by atoms with E-state index in [0.29, 0.717) is 0 Å². The highest BCUT2D eigenvalue weighted by molar-refractivity contribution is 5.92. The first-order valence-electron chi connectivity index (χ1n) is 6.36. The summed E-state index contributed by atoms with van der Waals surface area (Å²) in [5.41, 5.74) is 1.52. The number of para-hydroxylation sites is 1. The largest absolute Gasteiger partial charge is 0.387 e. The Labute approximate surface area is 107 Å². The lowest BCUT2D eigenvalue weighted by Crippen LogP contribution is -2.52. The van der Waals surface area contributed by atoms with E-state index in [1.807, 2.05) is 18.2 Å². The molecule has 0 saturated heterocycles. The SMILES string of the molecule is C[C@]1(O)CC(=O)C=C[C@H]1N1CCc2ccccc21. The van der Waals surface area contributed by atoms with E-state index < -0.39 is 5.60 Å². The van der Waals surface area contributed by atoms with Crippen molar-refractivity contribution in [3.63, 3.8) is 0 Å². The van der Waals surface area contributed by atoms with Crippen molar-refractivity contribution >= 4 is 11.5 Å². The zero-order valence-electron chi connectivity index (χ0n) is 10.5. The van der Waals surface area contributed by atoms with Crippen molar-refractivity contribution in [1.82, 2.24) is 0 Å².